The predicted octanol–water partition coefficient (Wildman–Crippen LogP) is 5.04. The van der Waals surface area contributed by atoms with Crippen LogP contribution in [0.15, 0.2) is 35.0 Å². The molecule has 1 atom stereocenters. The first-order valence-corrected chi connectivity index (χ1v) is 7.27. The molecule has 3 rings (SSSR count). The van der Waals surface area contributed by atoms with Crippen LogP contribution in [0.1, 0.15) is 18.1 Å². The number of alkyl halides is 1. The molecular formula is C13H10Cl2N2S. The lowest BCUT2D eigenvalue weighted by atomic mass is 10.3. The zero-order valence-corrected chi connectivity index (χ0v) is 11.9. The lowest BCUT2D eigenvalue weighted by Crippen LogP contribution is -2.00. The Hall–Kier alpha value is -1.03. The molecule has 0 radical (unpaired) electrons. The first-order chi connectivity index (χ1) is 8.66. The van der Waals surface area contributed by atoms with E-state index in [2.05, 4.69) is 21.0 Å². The summed E-state index contributed by atoms with van der Waals surface area (Å²) in [5, 5.41) is 4.65. The van der Waals surface area contributed by atoms with E-state index in [9.17, 15) is 0 Å². The summed E-state index contributed by atoms with van der Waals surface area (Å²) >= 11 is 13.9. The predicted molar refractivity (Wildman–Crippen MR) is 78.2 cm³/mol. The topological polar surface area (TPSA) is 17.8 Å². The van der Waals surface area contributed by atoms with E-state index in [-0.39, 0.29) is 5.38 Å². The first kappa shape index (κ1) is 12.0. The normalized spacial score (nSPS) is 13.1. The van der Waals surface area contributed by atoms with Crippen LogP contribution in [0.25, 0.3) is 16.7 Å². The summed E-state index contributed by atoms with van der Waals surface area (Å²) in [6, 6.07) is 7.77. The first-order valence-electron chi connectivity index (χ1n) is 5.51. The molecule has 0 fully saturated rings. The van der Waals surface area contributed by atoms with E-state index in [0.29, 0.717) is 5.02 Å². The number of halogens is 2. The number of hydrogen-bond donors (Lipinski definition) is 0. The van der Waals surface area contributed by atoms with Crippen molar-refractivity contribution in [2.45, 2.75) is 12.3 Å². The molecular weight excluding hydrogens is 287 g/mol. The van der Waals surface area contributed by atoms with Gasteiger partial charge in [-0.25, -0.2) is 4.98 Å². The Balaban J connectivity index is 2.36. The van der Waals surface area contributed by atoms with E-state index in [4.69, 9.17) is 23.2 Å². The Labute approximate surface area is 119 Å². The molecule has 0 bridgehead atoms. The smallest absolute Gasteiger partial charge is 0.132 e. The number of rotatable bonds is 2. The van der Waals surface area contributed by atoms with Crippen molar-refractivity contribution in [3.8, 4) is 5.69 Å². The highest BCUT2D eigenvalue weighted by Crippen LogP contribution is 2.30. The number of nitrogens with zero attached hydrogens (tertiary/aromatic N) is 2. The van der Waals surface area contributed by atoms with Crippen molar-refractivity contribution >= 4 is 45.6 Å². The second-order valence-corrected chi connectivity index (χ2v) is 5.91. The van der Waals surface area contributed by atoms with Crippen molar-refractivity contribution in [3.05, 3.63) is 45.9 Å². The number of benzene rings is 1. The maximum absolute atomic E-state index is 6.22. The van der Waals surface area contributed by atoms with Gasteiger partial charge in [-0.2, -0.15) is 11.3 Å². The highest BCUT2D eigenvalue weighted by atomic mass is 35.5. The van der Waals surface area contributed by atoms with Gasteiger partial charge in [-0.3, -0.25) is 4.57 Å². The second-order valence-electron chi connectivity index (χ2n) is 4.04. The van der Waals surface area contributed by atoms with Crippen LogP contribution in [0.3, 0.4) is 0 Å². The summed E-state index contributed by atoms with van der Waals surface area (Å²) < 4.78 is 2.08. The van der Waals surface area contributed by atoms with Gasteiger partial charge in [-0.15, -0.1) is 11.6 Å². The molecule has 2 nitrogen and oxygen atoms in total. The number of thiophene rings is 1. The third-order valence-corrected chi connectivity index (χ3v) is 3.86. The van der Waals surface area contributed by atoms with Crippen molar-refractivity contribution < 1.29 is 0 Å². The summed E-state index contributed by atoms with van der Waals surface area (Å²) in [6.07, 6.45) is 0. The van der Waals surface area contributed by atoms with E-state index < -0.39 is 0 Å². The maximum Gasteiger partial charge on any atom is 0.132 e. The SMILES string of the molecule is CC(Cl)c1nc2cc(Cl)ccc2n1-c1ccsc1. The van der Waals surface area contributed by atoms with Crippen LogP contribution < -0.4 is 0 Å². The van der Waals surface area contributed by atoms with E-state index in [1.165, 1.54) is 0 Å². The molecule has 2 heterocycles. The van der Waals surface area contributed by atoms with Gasteiger partial charge >= 0.3 is 0 Å². The molecule has 92 valence electrons. The van der Waals surface area contributed by atoms with Crippen LogP contribution in [0.2, 0.25) is 5.02 Å². The monoisotopic (exact) mass is 296 g/mol. The molecule has 1 aromatic carbocycles. The van der Waals surface area contributed by atoms with Gasteiger partial charge in [0.05, 0.1) is 22.1 Å². The molecule has 0 N–H and O–H groups in total. The molecule has 0 amide bonds. The fourth-order valence-electron chi connectivity index (χ4n) is 1.99. The lowest BCUT2D eigenvalue weighted by Gasteiger charge is -2.08. The van der Waals surface area contributed by atoms with Gasteiger partial charge in [0.25, 0.3) is 0 Å². The average Bonchev–Trinajstić information content (AvgIpc) is 2.92. The Kier molecular flexibility index (Phi) is 3.06. The van der Waals surface area contributed by atoms with Gasteiger partial charge in [0, 0.05) is 10.4 Å². The maximum atomic E-state index is 6.22. The summed E-state index contributed by atoms with van der Waals surface area (Å²) in [7, 11) is 0. The van der Waals surface area contributed by atoms with Gasteiger partial charge in [0.1, 0.15) is 5.82 Å². The summed E-state index contributed by atoms with van der Waals surface area (Å²) in [5.41, 5.74) is 2.99. The van der Waals surface area contributed by atoms with Crippen molar-refractivity contribution in [3.63, 3.8) is 0 Å². The Morgan fingerprint density at radius 2 is 2.17 bits per heavy atom. The zero-order chi connectivity index (χ0) is 12.7. The van der Waals surface area contributed by atoms with Crippen LogP contribution >= 0.6 is 34.5 Å². The average molecular weight is 297 g/mol. The molecule has 0 aliphatic heterocycles. The van der Waals surface area contributed by atoms with Gasteiger partial charge in [-0.1, -0.05) is 11.6 Å². The van der Waals surface area contributed by atoms with E-state index in [1.54, 1.807) is 11.3 Å². The minimum absolute atomic E-state index is 0.156. The van der Waals surface area contributed by atoms with Crippen molar-refractivity contribution in [1.29, 1.82) is 0 Å². The quantitative estimate of drug-likeness (QED) is 0.606. The highest BCUT2D eigenvalue weighted by Gasteiger charge is 2.16. The molecule has 0 aliphatic carbocycles. The third-order valence-electron chi connectivity index (χ3n) is 2.76. The molecule has 0 saturated carbocycles. The van der Waals surface area contributed by atoms with E-state index >= 15 is 0 Å². The van der Waals surface area contributed by atoms with Crippen LogP contribution in [0.5, 0.6) is 0 Å². The molecule has 0 saturated heterocycles. The number of fused-ring (bicyclic) bond motifs is 1. The standard InChI is InChI=1S/C13H10Cl2N2S/c1-8(14)13-16-11-6-9(15)2-3-12(11)17(13)10-4-5-18-7-10/h2-8H,1H3. The zero-order valence-electron chi connectivity index (χ0n) is 9.60. The minimum Gasteiger partial charge on any atom is -0.294 e. The summed E-state index contributed by atoms with van der Waals surface area (Å²) in [4.78, 5) is 4.58. The van der Waals surface area contributed by atoms with Crippen LogP contribution in [-0.4, -0.2) is 9.55 Å². The highest BCUT2D eigenvalue weighted by molar-refractivity contribution is 7.08. The van der Waals surface area contributed by atoms with Crippen molar-refractivity contribution in [1.82, 2.24) is 9.55 Å². The van der Waals surface area contributed by atoms with Crippen LogP contribution in [-0.2, 0) is 0 Å². The number of hydrogen-bond acceptors (Lipinski definition) is 2. The second kappa shape index (κ2) is 4.57. The number of aromatic nitrogens is 2. The Morgan fingerprint density at radius 3 is 2.83 bits per heavy atom. The summed E-state index contributed by atoms with van der Waals surface area (Å²) in [5.74, 6) is 0.840. The van der Waals surface area contributed by atoms with Gasteiger partial charge < -0.3 is 0 Å². The largest absolute Gasteiger partial charge is 0.294 e. The molecule has 1 unspecified atom stereocenters. The fourth-order valence-corrected chi connectivity index (χ4v) is 2.93. The van der Waals surface area contributed by atoms with Crippen molar-refractivity contribution in [2.75, 3.05) is 0 Å². The van der Waals surface area contributed by atoms with Gasteiger partial charge in [-0.05, 0) is 36.6 Å². The van der Waals surface area contributed by atoms with Gasteiger partial charge in [0.2, 0.25) is 0 Å². The molecule has 18 heavy (non-hydrogen) atoms. The Bertz CT molecular complexity index is 686. The molecule has 0 spiro atoms. The molecule has 2 aromatic heterocycles. The molecule has 0 aliphatic rings. The minimum atomic E-state index is -0.156. The molecule has 3 aromatic rings. The summed E-state index contributed by atoms with van der Waals surface area (Å²) in [6.45, 7) is 1.92. The van der Waals surface area contributed by atoms with Gasteiger partial charge in [0.15, 0.2) is 0 Å². The van der Waals surface area contributed by atoms with E-state index in [0.717, 1.165) is 22.5 Å². The fraction of sp³-hybridized carbons (Fsp3) is 0.154. The van der Waals surface area contributed by atoms with Crippen LogP contribution in [0.4, 0.5) is 0 Å². The van der Waals surface area contributed by atoms with Crippen LogP contribution in [0, 0.1) is 0 Å². The van der Waals surface area contributed by atoms with E-state index in [1.807, 2.05) is 30.5 Å². The Morgan fingerprint density at radius 1 is 1.33 bits per heavy atom. The third kappa shape index (κ3) is 1.92. The van der Waals surface area contributed by atoms with Crippen molar-refractivity contribution in [2.24, 2.45) is 0 Å². The molecule has 5 heteroatoms. The lowest BCUT2D eigenvalue weighted by molar-refractivity contribution is 0.885. The number of imidazole rings is 1.